The molecule has 3 N–H and O–H groups in total. The molecule has 2 amide bonds. The van der Waals surface area contributed by atoms with E-state index in [0.29, 0.717) is 13.1 Å². The Hall–Kier alpha value is -3.40. The van der Waals surface area contributed by atoms with Gasteiger partial charge in [0.25, 0.3) is 5.56 Å². The fraction of sp³-hybridized carbons (Fsp3) is 0.500. The Labute approximate surface area is 200 Å². The predicted octanol–water partition coefficient (Wildman–Crippen LogP) is 0.956. The van der Waals surface area contributed by atoms with Crippen molar-refractivity contribution in [2.45, 2.75) is 34.2 Å². The Morgan fingerprint density at radius 1 is 1.03 bits per heavy atom. The number of carbonyl (C=O) groups excluding carboxylic acids is 2. The van der Waals surface area contributed by atoms with Gasteiger partial charge in [0.1, 0.15) is 5.82 Å². The van der Waals surface area contributed by atoms with Crippen molar-refractivity contribution in [1.29, 1.82) is 0 Å². The number of benzene rings is 1. The summed E-state index contributed by atoms with van der Waals surface area (Å²) in [7, 11) is 1.68. The number of anilines is 2. The highest BCUT2D eigenvalue weighted by Crippen LogP contribution is 2.19. The highest BCUT2D eigenvalue weighted by Gasteiger charge is 2.26. The number of aromatic amines is 1. The third kappa shape index (κ3) is 6.80. The molecule has 186 valence electrons. The Bertz CT molecular complexity index is 1090. The number of nitrogen functional groups attached to an aromatic ring is 1. The van der Waals surface area contributed by atoms with Crippen LogP contribution in [0, 0.1) is 5.92 Å². The molecular weight excluding hydrogens is 436 g/mol. The summed E-state index contributed by atoms with van der Waals surface area (Å²) in [4.78, 5) is 58.0. The second-order valence-corrected chi connectivity index (χ2v) is 8.70. The second kappa shape index (κ2) is 12.2. The van der Waals surface area contributed by atoms with Gasteiger partial charge in [-0.1, -0.05) is 44.2 Å². The summed E-state index contributed by atoms with van der Waals surface area (Å²) in [6.07, 6.45) is 0. The third-order valence-electron chi connectivity index (χ3n) is 5.44. The first kappa shape index (κ1) is 26.8. The van der Waals surface area contributed by atoms with Gasteiger partial charge in [-0.25, -0.2) is 4.79 Å². The van der Waals surface area contributed by atoms with Crippen LogP contribution in [0.5, 0.6) is 0 Å². The molecule has 0 saturated carbocycles. The third-order valence-corrected chi connectivity index (χ3v) is 5.44. The summed E-state index contributed by atoms with van der Waals surface area (Å²) in [5.41, 5.74) is 5.71. The van der Waals surface area contributed by atoms with E-state index >= 15 is 0 Å². The van der Waals surface area contributed by atoms with E-state index in [1.165, 1.54) is 9.47 Å². The molecule has 1 heterocycles. The zero-order valence-corrected chi connectivity index (χ0v) is 20.7. The van der Waals surface area contributed by atoms with E-state index in [1.807, 2.05) is 58.0 Å². The summed E-state index contributed by atoms with van der Waals surface area (Å²) in [6.45, 7) is 9.17. The molecule has 0 aliphatic rings. The molecule has 0 radical (unpaired) electrons. The van der Waals surface area contributed by atoms with E-state index < -0.39 is 11.2 Å². The maximum atomic E-state index is 13.3. The van der Waals surface area contributed by atoms with Crippen molar-refractivity contribution >= 4 is 23.3 Å². The summed E-state index contributed by atoms with van der Waals surface area (Å²) < 4.78 is 1.25. The molecule has 0 bridgehead atoms. The number of nitrogens with one attached hydrogen (secondary N) is 1. The topological polar surface area (TPSA) is 125 Å². The van der Waals surface area contributed by atoms with Crippen molar-refractivity contribution < 1.29 is 9.59 Å². The van der Waals surface area contributed by atoms with Gasteiger partial charge in [0.15, 0.2) is 5.69 Å². The number of hydrogen-bond acceptors (Lipinski definition) is 6. The first-order valence-electron chi connectivity index (χ1n) is 11.5. The van der Waals surface area contributed by atoms with Crippen molar-refractivity contribution in [3.63, 3.8) is 0 Å². The lowest BCUT2D eigenvalue weighted by Gasteiger charge is -2.28. The van der Waals surface area contributed by atoms with Crippen LogP contribution in [-0.2, 0) is 16.1 Å². The monoisotopic (exact) mass is 472 g/mol. The highest BCUT2D eigenvalue weighted by atomic mass is 16.2. The van der Waals surface area contributed by atoms with Gasteiger partial charge < -0.3 is 15.5 Å². The minimum absolute atomic E-state index is 0.0277. The van der Waals surface area contributed by atoms with E-state index in [-0.39, 0.29) is 55.4 Å². The Morgan fingerprint density at radius 2 is 1.62 bits per heavy atom. The molecule has 34 heavy (non-hydrogen) atoms. The number of rotatable bonds is 11. The number of likely N-dealkylation sites (N-methyl/N-ethyl adjacent to an activating group) is 2. The van der Waals surface area contributed by atoms with Gasteiger partial charge in [0.2, 0.25) is 11.8 Å². The number of amides is 2. The van der Waals surface area contributed by atoms with Crippen molar-refractivity contribution in [3.05, 3.63) is 56.7 Å². The molecule has 2 aromatic rings. The summed E-state index contributed by atoms with van der Waals surface area (Å²) in [5, 5.41) is 0. The van der Waals surface area contributed by atoms with E-state index in [2.05, 4.69) is 4.98 Å². The number of H-pyrrole nitrogens is 1. The van der Waals surface area contributed by atoms with E-state index in [9.17, 15) is 19.2 Å². The van der Waals surface area contributed by atoms with E-state index in [1.54, 1.807) is 16.8 Å². The van der Waals surface area contributed by atoms with Crippen LogP contribution in [0.3, 0.4) is 0 Å². The van der Waals surface area contributed by atoms with Crippen LogP contribution in [0.1, 0.15) is 33.3 Å². The van der Waals surface area contributed by atoms with Crippen LogP contribution in [0.15, 0.2) is 39.9 Å². The van der Waals surface area contributed by atoms with Crippen LogP contribution in [0.25, 0.3) is 0 Å². The van der Waals surface area contributed by atoms with Crippen molar-refractivity contribution in [1.82, 2.24) is 19.4 Å². The molecule has 0 unspecified atom stereocenters. The minimum atomic E-state index is -0.720. The molecule has 0 saturated heterocycles. The van der Waals surface area contributed by atoms with Crippen LogP contribution in [-0.4, -0.2) is 70.9 Å². The molecular formula is C24H36N6O4. The molecule has 0 aliphatic heterocycles. The zero-order chi connectivity index (χ0) is 25.4. The number of nitrogens with two attached hydrogens (primary N) is 1. The molecule has 0 fully saturated rings. The largest absolute Gasteiger partial charge is 0.383 e. The van der Waals surface area contributed by atoms with Crippen LogP contribution >= 0.6 is 0 Å². The fourth-order valence-electron chi connectivity index (χ4n) is 3.72. The maximum absolute atomic E-state index is 13.3. The first-order valence-corrected chi connectivity index (χ1v) is 11.5. The van der Waals surface area contributed by atoms with E-state index in [4.69, 9.17) is 5.73 Å². The quantitative estimate of drug-likeness (QED) is 0.502. The Balaban J connectivity index is 2.37. The maximum Gasteiger partial charge on any atom is 0.330 e. The second-order valence-electron chi connectivity index (χ2n) is 8.70. The van der Waals surface area contributed by atoms with Crippen molar-refractivity contribution in [2.24, 2.45) is 5.92 Å². The van der Waals surface area contributed by atoms with Gasteiger partial charge in [-0.3, -0.25) is 28.8 Å². The lowest BCUT2D eigenvalue weighted by Crippen LogP contribution is -2.47. The lowest BCUT2D eigenvalue weighted by molar-refractivity contribution is -0.132. The van der Waals surface area contributed by atoms with Gasteiger partial charge in [-0.2, -0.15) is 0 Å². The molecule has 0 atom stereocenters. The highest BCUT2D eigenvalue weighted by molar-refractivity contribution is 5.97. The van der Waals surface area contributed by atoms with Gasteiger partial charge >= 0.3 is 5.69 Å². The Kier molecular flexibility index (Phi) is 9.61. The molecule has 0 spiro atoms. The Morgan fingerprint density at radius 3 is 2.18 bits per heavy atom. The van der Waals surface area contributed by atoms with Crippen molar-refractivity contribution in [3.8, 4) is 0 Å². The molecule has 0 aliphatic carbocycles. The van der Waals surface area contributed by atoms with Crippen LogP contribution in [0.2, 0.25) is 0 Å². The molecule has 1 aromatic carbocycles. The van der Waals surface area contributed by atoms with Crippen LogP contribution in [0.4, 0.5) is 11.5 Å². The van der Waals surface area contributed by atoms with Gasteiger partial charge in [-0.05, 0) is 32.4 Å². The summed E-state index contributed by atoms with van der Waals surface area (Å²) in [5.74, 6) is -0.511. The first-order chi connectivity index (χ1) is 16.1. The number of aromatic nitrogens is 2. The fourth-order valence-corrected chi connectivity index (χ4v) is 3.72. The number of hydrogen-bond donors (Lipinski definition) is 2. The summed E-state index contributed by atoms with van der Waals surface area (Å²) in [6, 6.07) is 9.23. The van der Waals surface area contributed by atoms with Crippen molar-refractivity contribution in [2.75, 3.05) is 50.4 Å². The standard InChI is InChI=1S/C24H36N6O4/c1-6-28(7-2)19(31)15-27(5)16-20(32)29(13-17(3)4)21-22(25)30(24(34)26-23(21)33)14-18-11-9-8-10-12-18/h8-12,17H,6-7,13-16,25H2,1-5H3,(H,26,33,34). The van der Waals surface area contributed by atoms with Gasteiger partial charge in [0, 0.05) is 19.6 Å². The molecule has 10 heteroatoms. The molecule has 10 nitrogen and oxygen atoms in total. The molecule has 2 rings (SSSR count). The average Bonchev–Trinajstić information content (AvgIpc) is 2.77. The van der Waals surface area contributed by atoms with Crippen LogP contribution < -0.4 is 21.9 Å². The smallest absolute Gasteiger partial charge is 0.330 e. The zero-order valence-electron chi connectivity index (χ0n) is 20.7. The van der Waals surface area contributed by atoms with E-state index in [0.717, 1.165) is 5.56 Å². The lowest BCUT2D eigenvalue weighted by atomic mass is 10.2. The average molecular weight is 473 g/mol. The van der Waals surface area contributed by atoms with Gasteiger partial charge in [0.05, 0.1) is 19.6 Å². The number of carbonyl (C=O) groups is 2. The SMILES string of the molecule is CCN(CC)C(=O)CN(C)CC(=O)N(CC(C)C)c1c(N)n(Cc2ccccc2)c(=O)[nH]c1=O. The predicted molar refractivity (Wildman–Crippen MR) is 134 cm³/mol. The summed E-state index contributed by atoms with van der Waals surface area (Å²) >= 11 is 0. The molecule has 1 aromatic heterocycles. The minimum Gasteiger partial charge on any atom is -0.383 e. The number of nitrogens with zero attached hydrogens (tertiary/aromatic N) is 4. The van der Waals surface area contributed by atoms with Gasteiger partial charge in [-0.15, -0.1) is 0 Å². The normalized spacial score (nSPS) is 11.1.